The molecule has 2 heterocycles. The second kappa shape index (κ2) is 8.58. The number of ether oxygens (including phenoxy) is 1. The third-order valence-electron chi connectivity index (χ3n) is 4.39. The van der Waals surface area contributed by atoms with E-state index in [0.29, 0.717) is 27.8 Å². The fraction of sp³-hybridized carbons (Fsp3) is 0.0476. The minimum Gasteiger partial charge on any atom is -0.497 e. The van der Waals surface area contributed by atoms with Crippen LogP contribution < -0.4 is 20.3 Å². The highest BCUT2D eigenvalue weighted by molar-refractivity contribution is 7.13. The zero-order valence-corrected chi connectivity index (χ0v) is 17.7. The van der Waals surface area contributed by atoms with Crippen LogP contribution in [0, 0.1) is 0 Å². The molecule has 0 spiro atoms. The first-order valence-electron chi connectivity index (χ1n) is 8.98. The lowest BCUT2D eigenvalue weighted by atomic mass is 10.2. The van der Waals surface area contributed by atoms with Gasteiger partial charge >= 0.3 is 0 Å². The number of nitrogens with one attached hydrogen (secondary N) is 2. The number of thiazole rings is 1. The first kappa shape index (κ1) is 20.6. The maximum Gasteiger partial charge on any atom is 0.283 e. The number of hydrogen-bond donors (Lipinski definition) is 2. The summed E-state index contributed by atoms with van der Waals surface area (Å²) in [6, 6.07) is 13.0. The second-order valence-corrected chi connectivity index (χ2v) is 7.61. The van der Waals surface area contributed by atoms with Crippen LogP contribution in [0.4, 0.5) is 16.5 Å². The van der Waals surface area contributed by atoms with Gasteiger partial charge in [0.05, 0.1) is 12.8 Å². The minimum atomic E-state index is -0.653. The van der Waals surface area contributed by atoms with Gasteiger partial charge in [-0.1, -0.05) is 23.7 Å². The number of carbonyl (C=O) groups is 3. The van der Waals surface area contributed by atoms with Crippen LogP contribution in [0.1, 0.15) is 10.4 Å². The molecule has 0 fully saturated rings. The van der Waals surface area contributed by atoms with Crippen molar-refractivity contribution in [2.75, 3.05) is 22.6 Å². The van der Waals surface area contributed by atoms with Crippen LogP contribution in [0.15, 0.2) is 70.8 Å². The Morgan fingerprint density at radius 3 is 2.68 bits per heavy atom. The molecule has 1 aromatic heterocycles. The molecule has 10 heteroatoms. The monoisotopic (exact) mass is 454 g/mol. The molecule has 0 saturated carbocycles. The van der Waals surface area contributed by atoms with Crippen molar-refractivity contribution in [2.45, 2.75) is 0 Å². The lowest BCUT2D eigenvalue weighted by molar-refractivity contribution is -0.120. The number of hydrogen-bond acceptors (Lipinski definition) is 7. The molecule has 0 bridgehead atoms. The van der Waals surface area contributed by atoms with Crippen molar-refractivity contribution in [1.29, 1.82) is 0 Å². The van der Waals surface area contributed by atoms with Crippen LogP contribution >= 0.6 is 22.9 Å². The molecule has 0 radical (unpaired) electrons. The van der Waals surface area contributed by atoms with Gasteiger partial charge in [-0.2, -0.15) is 0 Å². The Balaban J connectivity index is 1.55. The molecule has 3 amide bonds. The normalized spacial score (nSPS) is 13.5. The average molecular weight is 455 g/mol. The molecule has 3 aromatic rings. The fourth-order valence-electron chi connectivity index (χ4n) is 2.93. The summed E-state index contributed by atoms with van der Waals surface area (Å²) in [5.41, 5.74) is 1.03. The van der Waals surface area contributed by atoms with E-state index in [0.717, 1.165) is 4.90 Å². The third kappa shape index (κ3) is 4.14. The van der Waals surface area contributed by atoms with E-state index in [-0.39, 0.29) is 16.6 Å². The molecule has 31 heavy (non-hydrogen) atoms. The molecule has 0 aliphatic carbocycles. The number of anilines is 3. The number of amides is 3. The quantitative estimate of drug-likeness (QED) is 0.549. The molecule has 2 N–H and O–H groups in total. The number of aromatic nitrogens is 1. The molecular weight excluding hydrogens is 440 g/mol. The van der Waals surface area contributed by atoms with Crippen molar-refractivity contribution in [3.63, 3.8) is 0 Å². The van der Waals surface area contributed by atoms with Gasteiger partial charge in [0.1, 0.15) is 16.5 Å². The van der Waals surface area contributed by atoms with Gasteiger partial charge in [0, 0.05) is 28.9 Å². The van der Waals surface area contributed by atoms with Crippen molar-refractivity contribution < 1.29 is 19.1 Å². The maximum atomic E-state index is 12.9. The van der Waals surface area contributed by atoms with Gasteiger partial charge in [0.2, 0.25) is 0 Å². The SMILES string of the molecule is COc1cccc(N2C(=O)C(Cl)=C(Nc3cccc(C(=O)Nc4nccs4)c3)C2=O)c1. The minimum absolute atomic E-state index is 0.0769. The largest absolute Gasteiger partial charge is 0.497 e. The fourth-order valence-corrected chi connectivity index (χ4v) is 3.67. The van der Waals surface area contributed by atoms with Crippen LogP contribution in [-0.4, -0.2) is 29.8 Å². The van der Waals surface area contributed by atoms with E-state index < -0.39 is 11.8 Å². The predicted octanol–water partition coefficient (Wildman–Crippen LogP) is 3.84. The summed E-state index contributed by atoms with van der Waals surface area (Å²) in [6.07, 6.45) is 1.59. The Bertz CT molecular complexity index is 1210. The molecule has 156 valence electrons. The molecule has 0 unspecified atom stereocenters. The molecule has 2 aromatic carbocycles. The topological polar surface area (TPSA) is 101 Å². The van der Waals surface area contributed by atoms with Crippen molar-refractivity contribution in [2.24, 2.45) is 0 Å². The Kier molecular flexibility index (Phi) is 5.70. The lowest BCUT2D eigenvalue weighted by Crippen LogP contribution is -2.32. The van der Waals surface area contributed by atoms with Gasteiger partial charge in [-0.15, -0.1) is 11.3 Å². The van der Waals surface area contributed by atoms with E-state index in [1.165, 1.54) is 18.4 Å². The highest BCUT2D eigenvalue weighted by Crippen LogP contribution is 2.31. The van der Waals surface area contributed by atoms with E-state index in [2.05, 4.69) is 15.6 Å². The summed E-state index contributed by atoms with van der Waals surface area (Å²) in [6.45, 7) is 0. The summed E-state index contributed by atoms with van der Waals surface area (Å²) >= 11 is 7.47. The first-order valence-corrected chi connectivity index (χ1v) is 10.2. The van der Waals surface area contributed by atoms with E-state index in [9.17, 15) is 14.4 Å². The molecule has 1 aliphatic rings. The number of benzene rings is 2. The molecule has 8 nitrogen and oxygen atoms in total. The molecular formula is C21H15ClN4O4S. The highest BCUT2D eigenvalue weighted by atomic mass is 35.5. The standard InChI is InChI=1S/C21H15ClN4O4S/c1-30-15-7-3-6-14(11-15)26-19(28)16(22)17(20(26)29)24-13-5-2-4-12(10-13)18(27)25-21-23-8-9-31-21/h2-11,24H,1H3,(H,23,25,27). The van der Waals surface area contributed by atoms with Crippen LogP contribution in [0.3, 0.4) is 0 Å². The number of nitrogens with zero attached hydrogens (tertiary/aromatic N) is 2. The van der Waals surface area contributed by atoms with Crippen LogP contribution in [0.5, 0.6) is 5.75 Å². The molecule has 4 rings (SSSR count). The first-order chi connectivity index (χ1) is 15.0. The zero-order valence-electron chi connectivity index (χ0n) is 16.1. The number of methoxy groups -OCH3 is 1. The van der Waals surface area contributed by atoms with Crippen molar-refractivity contribution in [3.8, 4) is 5.75 Å². The summed E-state index contributed by atoms with van der Waals surface area (Å²) in [4.78, 5) is 43.0. The van der Waals surface area contributed by atoms with E-state index in [1.54, 1.807) is 60.1 Å². The van der Waals surface area contributed by atoms with Gasteiger partial charge in [-0.3, -0.25) is 19.7 Å². The average Bonchev–Trinajstić information content (AvgIpc) is 3.36. The third-order valence-corrected chi connectivity index (χ3v) is 5.42. The zero-order chi connectivity index (χ0) is 22.0. The van der Waals surface area contributed by atoms with Crippen LogP contribution in [0.2, 0.25) is 0 Å². The highest BCUT2D eigenvalue weighted by Gasteiger charge is 2.39. The van der Waals surface area contributed by atoms with Crippen LogP contribution in [-0.2, 0) is 9.59 Å². The molecule has 0 atom stereocenters. The van der Waals surface area contributed by atoms with Gasteiger partial charge in [0.25, 0.3) is 17.7 Å². The van der Waals surface area contributed by atoms with Crippen molar-refractivity contribution >= 4 is 57.2 Å². The molecule has 1 aliphatic heterocycles. The van der Waals surface area contributed by atoms with Gasteiger partial charge in [0.15, 0.2) is 5.13 Å². The Labute approximate surface area is 186 Å². The van der Waals surface area contributed by atoms with Gasteiger partial charge in [-0.25, -0.2) is 9.88 Å². The summed E-state index contributed by atoms with van der Waals surface area (Å²) in [5, 5.41) is 7.52. The smallest absolute Gasteiger partial charge is 0.283 e. The summed E-state index contributed by atoms with van der Waals surface area (Å²) in [7, 11) is 1.49. The number of halogens is 1. The second-order valence-electron chi connectivity index (χ2n) is 6.33. The lowest BCUT2D eigenvalue weighted by Gasteiger charge is -2.16. The Morgan fingerprint density at radius 2 is 1.94 bits per heavy atom. The van der Waals surface area contributed by atoms with Crippen LogP contribution in [0.25, 0.3) is 0 Å². The van der Waals surface area contributed by atoms with Gasteiger partial charge < -0.3 is 10.1 Å². The van der Waals surface area contributed by atoms with Crippen molar-refractivity contribution in [3.05, 3.63) is 76.4 Å². The maximum absolute atomic E-state index is 12.9. The van der Waals surface area contributed by atoms with E-state index >= 15 is 0 Å². The Hall–Kier alpha value is -3.69. The summed E-state index contributed by atoms with van der Waals surface area (Å²) in [5.74, 6) is -1.12. The molecule has 0 saturated heterocycles. The number of rotatable bonds is 6. The van der Waals surface area contributed by atoms with Gasteiger partial charge in [-0.05, 0) is 30.3 Å². The Morgan fingerprint density at radius 1 is 1.13 bits per heavy atom. The predicted molar refractivity (Wildman–Crippen MR) is 118 cm³/mol. The van der Waals surface area contributed by atoms with Crippen molar-refractivity contribution in [1.82, 2.24) is 4.98 Å². The number of carbonyl (C=O) groups excluding carboxylic acids is 3. The van der Waals surface area contributed by atoms with E-state index in [1.807, 2.05) is 0 Å². The summed E-state index contributed by atoms with van der Waals surface area (Å²) < 4.78 is 5.15. The number of imide groups is 1. The van der Waals surface area contributed by atoms with E-state index in [4.69, 9.17) is 16.3 Å².